The van der Waals surface area contributed by atoms with Gasteiger partial charge in [-0.15, -0.1) is 11.3 Å². The SMILES string of the molecule is CCc1nc(Cc2ccncc2)sc1CN. The molecule has 0 atom stereocenters. The molecule has 0 amide bonds. The van der Waals surface area contributed by atoms with E-state index in [4.69, 9.17) is 5.73 Å². The Kier molecular flexibility index (Phi) is 3.64. The minimum Gasteiger partial charge on any atom is -0.326 e. The van der Waals surface area contributed by atoms with Crippen molar-refractivity contribution in [2.75, 3.05) is 0 Å². The first-order valence-electron chi connectivity index (χ1n) is 5.40. The summed E-state index contributed by atoms with van der Waals surface area (Å²) in [4.78, 5) is 9.83. The van der Waals surface area contributed by atoms with E-state index in [-0.39, 0.29) is 0 Å². The Balaban J connectivity index is 2.19. The number of pyridine rings is 1. The Morgan fingerprint density at radius 3 is 2.62 bits per heavy atom. The molecule has 2 N–H and O–H groups in total. The van der Waals surface area contributed by atoms with E-state index in [2.05, 4.69) is 16.9 Å². The third kappa shape index (κ3) is 2.46. The number of thiazole rings is 1. The van der Waals surface area contributed by atoms with Crippen molar-refractivity contribution in [2.24, 2.45) is 5.73 Å². The highest BCUT2D eigenvalue weighted by Gasteiger charge is 2.08. The molecular formula is C12H15N3S. The van der Waals surface area contributed by atoms with E-state index < -0.39 is 0 Å². The van der Waals surface area contributed by atoms with Crippen molar-refractivity contribution in [1.29, 1.82) is 0 Å². The van der Waals surface area contributed by atoms with Crippen LogP contribution in [0.1, 0.15) is 28.1 Å². The average molecular weight is 233 g/mol. The van der Waals surface area contributed by atoms with Crippen LogP contribution in [0.3, 0.4) is 0 Å². The van der Waals surface area contributed by atoms with E-state index >= 15 is 0 Å². The van der Waals surface area contributed by atoms with Crippen molar-refractivity contribution in [3.8, 4) is 0 Å². The van der Waals surface area contributed by atoms with Crippen LogP contribution in [0.5, 0.6) is 0 Å². The van der Waals surface area contributed by atoms with Crippen LogP contribution in [-0.2, 0) is 19.4 Å². The van der Waals surface area contributed by atoms with Gasteiger partial charge >= 0.3 is 0 Å². The molecule has 4 heteroatoms. The zero-order chi connectivity index (χ0) is 11.4. The van der Waals surface area contributed by atoms with Crippen LogP contribution in [0.2, 0.25) is 0 Å². The third-order valence-corrected chi connectivity index (χ3v) is 3.57. The van der Waals surface area contributed by atoms with Crippen LogP contribution < -0.4 is 5.73 Å². The fraction of sp³-hybridized carbons (Fsp3) is 0.333. The highest BCUT2D eigenvalue weighted by Crippen LogP contribution is 2.21. The van der Waals surface area contributed by atoms with Crippen molar-refractivity contribution in [3.63, 3.8) is 0 Å². The highest BCUT2D eigenvalue weighted by atomic mass is 32.1. The number of nitrogens with zero attached hydrogens (tertiary/aromatic N) is 2. The first-order valence-corrected chi connectivity index (χ1v) is 6.21. The molecule has 0 saturated heterocycles. The standard InChI is InChI=1S/C12H15N3S/c1-2-10-11(8-13)16-12(15-10)7-9-3-5-14-6-4-9/h3-6H,2,7-8,13H2,1H3. The molecule has 0 aliphatic carbocycles. The lowest BCUT2D eigenvalue weighted by Gasteiger charge is -1.95. The Hall–Kier alpha value is -1.26. The number of rotatable bonds is 4. The fourth-order valence-electron chi connectivity index (χ4n) is 1.62. The summed E-state index contributed by atoms with van der Waals surface area (Å²) in [7, 11) is 0. The van der Waals surface area contributed by atoms with Gasteiger partial charge in [0.1, 0.15) is 0 Å². The molecule has 16 heavy (non-hydrogen) atoms. The van der Waals surface area contributed by atoms with Crippen molar-refractivity contribution in [2.45, 2.75) is 26.3 Å². The van der Waals surface area contributed by atoms with Crippen LogP contribution in [0.25, 0.3) is 0 Å². The van der Waals surface area contributed by atoms with Crippen LogP contribution in [0, 0.1) is 0 Å². The van der Waals surface area contributed by atoms with Gasteiger partial charge in [-0.1, -0.05) is 6.92 Å². The van der Waals surface area contributed by atoms with Gasteiger partial charge in [0.2, 0.25) is 0 Å². The molecule has 0 unspecified atom stereocenters. The quantitative estimate of drug-likeness (QED) is 0.880. The van der Waals surface area contributed by atoms with Gasteiger partial charge in [0.25, 0.3) is 0 Å². The number of nitrogens with two attached hydrogens (primary N) is 1. The predicted molar refractivity (Wildman–Crippen MR) is 66.4 cm³/mol. The summed E-state index contributed by atoms with van der Waals surface area (Å²) in [6.45, 7) is 2.71. The summed E-state index contributed by atoms with van der Waals surface area (Å²) in [5.41, 5.74) is 8.09. The molecule has 0 bridgehead atoms. The van der Waals surface area contributed by atoms with Gasteiger partial charge in [-0.05, 0) is 24.1 Å². The van der Waals surface area contributed by atoms with Crippen LogP contribution >= 0.6 is 11.3 Å². The lowest BCUT2D eigenvalue weighted by atomic mass is 10.2. The molecule has 0 radical (unpaired) electrons. The van der Waals surface area contributed by atoms with Crippen LogP contribution in [0.15, 0.2) is 24.5 Å². The summed E-state index contributed by atoms with van der Waals surface area (Å²) in [6.07, 6.45) is 5.46. The summed E-state index contributed by atoms with van der Waals surface area (Å²) in [5.74, 6) is 0. The smallest absolute Gasteiger partial charge is 0.0975 e. The molecule has 2 heterocycles. The molecule has 0 saturated carbocycles. The van der Waals surface area contributed by atoms with E-state index in [1.54, 1.807) is 11.3 Å². The molecule has 84 valence electrons. The van der Waals surface area contributed by atoms with E-state index in [9.17, 15) is 0 Å². The monoisotopic (exact) mass is 233 g/mol. The van der Waals surface area contributed by atoms with E-state index in [0.29, 0.717) is 6.54 Å². The molecular weight excluding hydrogens is 218 g/mol. The molecule has 2 rings (SSSR count). The van der Waals surface area contributed by atoms with Gasteiger partial charge in [0, 0.05) is 30.2 Å². The second-order valence-corrected chi connectivity index (χ2v) is 4.74. The molecule has 2 aromatic heterocycles. The van der Waals surface area contributed by atoms with E-state index in [1.807, 2.05) is 24.5 Å². The summed E-state index contributed by atoms with van der Waals surface area (Å²) in [6, 6.07) is 4.05. The van der Waals surface area contributed by atoms with Crippen molar-refractivity contribution >= 4 is 11.3 Å². The minimum atomic E-state index is 0.594. The van der Waals surface area contributed by atoms with Crippen molar-refractivity contribution in [1.82, 2.24) is 9.97 Å². The number of aromatic nitrogens is 2. The van der Waals surface area contributed by atoms with E-state index in [0.717, 1.165) is 23.5 Å². The first kappa shape index (κ1) is 11.2. The highest BCUT2D eigenvalue weighted by molar-refractivity contribution is 7.11. The fourth-order valence-corrected chi connectivity index (χ4v) is 2.69. The van der Waals surface area contributed by atoms with Crippen molar-refractivity contribution in [3.05, 3.63) is 45.7 Å². The van der Waals surface area contributed by atoms with Crippen LogP contribution in [0.4, 0.5) is 0 Å². The summed E-state index contributed by atoms with van der Waals surface area (Å²) < 4.78 is 0. The van der Waals surface area contributed by atoms with Gasteiger partial charge in [0.05, 0.1) is 10.7 Å². The molecule has 0 aliphatic rings. The van der Waals surface area contributed by atoms with Crippen molar-refractivity contribution < 1.29 is 0 Å². The lowest BCUT2D eigenvalue weighted by molar-refractivity contribution is 0.968. The second kappa shape index (κ2) is 5.18. The lowest BCUT2D eigenvalue weighted by Crippen LogP contribution is -1.97. The molecule has 0 fully saturated rings. The number of aryl methyl sites for hydroxylation is 1. The average Bonchev–Trinajstić information content (AvgIpc) is 2.72. The molecule has 0 spiro atoms. The zero-order valence-corrected chi connectivity index (χ0v) is 10.1. The van der Waals surface area contributed by atoms with Gasteiger partial charge in [0.15, 0.2) is 0 Å². The molecule has 0 aromatic carbocycles. The second-order valence-electron chi connectivity index (χ2n) is 3.57. The first-order chi connectivity index (χ1) is 7.83. The summed E-state index contributed by atoms with van der Waals surface area (Å²) in [5, 5.41) is 1.14. The number of hydrogen-bond acceptors (Lipinski definition) is 4. The van der Waals surface area contributed by atoms with Gasteiger partial charge in [-0.3, -0.25) is 4.98 Å². The maximum Gasteiger partial charge on any atom is 0.0975 e. The van der Waals surface area contributed by atoms with E-state index in [1.165, 1.54) is 10.4 Å². The Bertz CT molecular complexity index is 429. The Morgan fingerprint density at radius 2 is 2.06 bits per heavy atom. The van der Waals surface area contributed by atoms with Gasteiger partial charge < -0.3 is 5.73 Å². The molecule has 2 aromatic rings. The predicted octanol–water partition coefficient (Wildman–Crippen LogP) is 2.15. The topological polar surface area (TPSA) is 51.8 Å². The maximum absolute atomic E-state index is 5.69. The normalized spacial score (nSPS) is 10.6. The largest absolute Gasteiger partial charge is 0.326 e. The maximum atomic E-state index is 5.69. The van der Waals surface area contributed by atoms with Gasteiger partial charge in [-0.25, -0.2) is 4.98 Å². The minimum absolute atomic E-state index is 0.594. The molecule has 0 aliphatic heterocycles. The Morgan fingerprint density at radius 1 is 1.31 bits per heavy atom. The Labute approximate surface area is 99.4 Å². The third-order valence-electron chi connectivity index (χ3n) is 2.45. The zero-order valence-electron chi connectivity index (χ0n) is 9.31. The number of hydrogen-bond donors (Lipinski definition) is 1. The van der Waals surface area contributed by atoms with Gasteiger partial charge in [-0.2, -0.15) is 0 Å². The van der Waals surface area contributed by atoms with Crippen LogP contribution in [-0.4, -0.2) is 9.97 Å². The summed E-state index contributed by atoms with van der Waals surface area (Å²) >= 11 is 1.72. The molecule has 3 nitrogen and oxygen atoms in total.